The molecule has 0 aliphatic heterocycles. The molecule has 0 radical (unpaired) electrons. The predicted molar refractivity (Wildman–Crippen MR) is 75.9 cm³/mol. The summed E-state index contributed by atoms with van der Waals surface area (Å²) in [5.74, 6) is 0.764. The standard InChI is InChI=1S/C15H19NOS/c1-11-6-8-15(17,9-7-11)10-14-16-12-4-2-3-5-13(12)18-14/h2-5,11,17H,6-10H2,1H3. The quantitative estimate of drug-likeness (QED) is 0.892. The van der Waals surface area contributed by atoms with Crippen LogP contribution in [0.5, 0.6) is 0 Å². The van der Waals surface area contributed by atoms with Crippen LogP contribution in [-0.4, -0.2) is 15.7 Å². The lowest BCUT2D eigenvalue weighted by molar-refractivity contribution is -0.00666. The van der Waals surface area contributed by atoms with Crippen molar-refractivity contribution in [2.45, 2.75) is 44.6 Å². The van der Waals surface area contributed by atoms with Crippen LogP contribution in [-0.2, 0) is 6.42 Å². The Balaban J connectivity index is 1.79. The minimum Gasteiger partial charge on any atom is -0.389 e. The molecule has 3 heteroatoms. The largest absolute Gasteiger partial charge is 0.389 e. The third-order valence-corrected chi connectivity index (χ3v) is 5.06. The molecule has 1 aromatic carbocycles. The average Bonchev–Trinajstić information content (AvgIpc) is 2.75. The summed E-state index contributed by atoms with van der Waals surface area (Å²) in [6.45, 7) is 2.28. The second kappa shape index (κ2) is 4.63. The summed E-state index contributed by atoms with van der Waals surface area (Å²) >= 11 is 1.72. The van der Waals surface area contributed by atoms with Gasteiger partial charge in [0, 0.05) is 6.42 Å². The van der Waals surface area contributed by atoms with Gasteiger partial charge in [-0.2, -0.15) is 0 Å². The maximum atomic E-state index is 10.6. The second-order valence-electron chi connectivity index (χ2n) is 5.66. The van der Waals surface area contributed by atoms with Crippen LogP contribution in [0.3, 0.4) is 0 Å². The van der Waals surface area contributed by atoms with Crippen molar-refractivity contribution in [1.82, 2.24) is 4.98 Å². The Kier molecular flexibility index (Phi) is 3.12. The van der Waals surface area contributed by atoms with Crippen LogP contribution >= 0.6 is 11.3 Å². The highest BCUT2D eigenvalue weighted by Gasteiger charge is 2.32. The molecule has 0 spiro atoms. The minimum absolute atomic E-state index is 0.514. The smallest absolute Gasteiger partial charge is 0.0967 e. The summed E-state index contributed by atoms with van der Waals surface area (Å²) < 4.78 is 1.22. The van der Waals surface area contributed by atoms with Crippen molar-refractivity contribution in [1.29, 1.82) is 0 Å². The Morgan fingerprint density at radius 1 is 1.33 bits per heavy atom. The molecule has 3 rings (SSSR count). The van der Waals surface area contributed by atoms with E-state index in [2.05, 4.69) is 18.0 Å². The molecule has 18 heavy (non-hydrogen) atoms. The van der Waals surface area contributed by atoms with E-state index >= 15 is 0 Å². The second-order valence-corrected chi connectivity index (χ2v) is 6.77. The monoisotopic (exact) mass is 261 g/mol. The molecule has 96 valence electrons. The molecule has 1 fully saturated rings. The molecule has 0 unspecified atom stereocenters. The van der Waals surface area contributed by atoms with Gasteiger partial charge in [-0.3, -0.25) is 0 Å². The Labute approximate surface area is 112 Å². The summed E-state index contributed by atoms with van der Waals surface area (Å²) in [4.78, 5) is 4.63. The normalized spacial score (nSPS) is 28.7. The number of hydrogen-bond acceptors (Lipinski definition) is 3. The van der Waals surface area contributed by atoms with Gasteiger partial charge >= 0.3 is 0 Å². The van der Waals surface area contributed by atoms with Crippen molar-refractivity contribution < 1.29 is 5.11 Å². The van der Waals surface area contributed by atoms with Gasteiger partial charge in [-0.05, 0) is 43.7 Å². The summed E-state index contributed by atoms with van der Waals surface area (Å²) in [6, 6.07) is 8.20. The Morgan fingerprint density at radius 3 is 2.78 bits per heavy atom. The molecule has 0 saturated heterocycles. The molecule has 1 N–H and O–H groups in total. The van der Waals surface area contributed by atoms with E-state index in [-0.39, 0.29) is 0 Å². The summed E-state index contributed by atoms with van der Waals surface area (Å²) in [7, 11) is 0. The first-order valence-electron chi connectivity index (χ1n) is 6.71. The number of thiazole rings is 1. The van der Waals surface area contributed by atoms with Crippen LogP contribution in [0.4, 0.5) is 0 Å². The fourth-order valence-electron chi connectivity index (χ4n) is 2.75. The highest BCUT2D eigenvalue weighted by atomic mass is 32.1. The van der Waals surface area contributed by atoms with Crippen LogP contribution in [0.1, 0.15) is 37.6 Å². The van der Waals surface area contributed by atoms with Gasteiger partial charge in [-0.25, -0.2) is 4.98 Å². The number of para-hydroxylation sites is 1. The van der Waals surface area contributed by atoms with Gasteiger partial charge in [0.25, 0.3) is 0 Å². The third kappa shape index (κ3) is 2.43. The summed E-state index contributed by atoms with van der Waals surface area (Å²) in [6.07, 6.45) is 4.84. The first kappa shape index (κ1) is 12.1. The average molecular weight is 261 g/mol. The van der Waals surface area contributed by atoms with E-state index in [0.717, 1.165) is 48.5 Å². The highest BCUT2D eigenvalue weighted by Crippen LogP contribution is 2.35. The number of hydrogen-bond donors (Lipinski definition) is 1. The fourth-order valence-corrected chi connectivity index (χ4v) is 3.86. The Bertz CT molecular complexity index is 507. The fraction of sp³-hybridized carbons (Fsp3) is 0.533. The highest BCUT2D eigenvalue weighted by molar-refractivity contribution is 7.18. The van der Waals surface area contributed by atoms with Gasteiger partial charge < -0.3 is 5.11 Å². The maximum Gasteiger partial charge on any atom is 0.0967 e. The molecule has 1 aromatic heterocycles. The maximum absolute atomic E-state index is 10.6. The van der Waals surface area contributed by atoms with Gasteiger partial charge in [0.2, 0.25) is 0 Å². The van der Waals surface area contributed by atoms with Gasteiger partial charge in [0.1, 0.15) is 0 Å². The minimum atomic E-state index is -0.514. The van der Waals surface area contributed by atoms with E-state index in [1.807, 2.05) is 18.2 Å². The topological polar surface area (TPSA) is 33.1 Å². The van der Waals surface area contributed by atoms with Crippen molar-refractivity contribution in [3.63, 3.8) is 0 Å². The Hall–Kier alpha value is -0.930. The molecular weight excluding hydrogens is 242 g/mol. The van der Waals surface area contributed by atoms with Crippen molar-refractivity contribution in [2.24, 2.45) is 5.92 Å². The molecule has 2 nitrogen and oxygen atoms in total. The van der Waals surface area contributed by atoms with Gasteiger partial charge in [-0.15, -0.1) is 11.3 Å². The first-order valence-corrected chi connectivity index (χ1v) is 7.53. The SMILES string of the molecule is CC1CCC(O)(Cc2nc3ccccc3s2)CC1. The first-order chi connectivity index (χ1) is 8.65. The molecule has 0 atom stereocenters. The van der Waals surface area contributed by atoms with E-state index in [4.69, 9.17) is 0 Å². The van der Waals surface area contributed by atoms with E-state index in [9.17, 15) is 5.11 Å². The zero-order valence-corrected chi connectivity index (χ0v) is 11.5. The van der Waals surface area contributed by atoms with Crippen LogP contribution in [0.2, 0.25) is 0 Å². The molecular formula is C15H19NOS. The Morgan fingerprint density at radius 2 is 2.06 bits per heavy atom. The number of fused-ring (bicyclic) bond motifs is 1. The summed E-state index contributed by atoms with van der Waals surface area (Å²) in [5, 5.41) is 11.7. The van der Waals surface area contributed by atoms with Gasteiger partial charge in [-0.1, -0.05) is 19.1 Å². The van der Waals surface area contributed by atoms with E-state index in [0.29, 0.717) is 0 Å². The number of rotatable bonds is 2. The van der Waals surface area contributed by atoms with E-state index in [1.54, 1.807) is 11.3 Å². The van der Waals surface area contributed by atoms with Gasteiger partial charge in [0.05, 0.1) is 20.8 Å². The molecule has 1 heterocycles. The van der Waals surface area contributed by atoms with Crippen LogP contribution in [0.25, 0.3) is 10.2 Å². The van der Waals surface area contributed by atoms with Crippen LogP contribution in [0.15, 0.2) is 24.3 Å². The zero-order chi connectivity index (χ0) is 12.6. The van der Waals surface area contributed by atoms with Crippen molar-refractivity contribution in [3.8, 4) is 0 Å². The van der Waals surface area contributed by atoms with Crippen molar-refractivity contribution in [2.75, 3.05) is 0 Å². The lowest BCUT2D eigenvalue weighted by Gasteiger charge is -2.34. The third-order valence-electron chi connectivity index (χ3n) is 4.02. The number of aliphatic hydroxyl groups is 1. The predicted octanol–water partition coefficient (Wildman–Crippen LogP) is 3.78. The molecule has 1 aliphatic rings. The molecule has 1 saturated carbocycles. The van der Waals surface area contributed by atoms with E-state index in [1.165, 1.54) is 4.70 Å². The summed E-state index contributed by atoms with van der Waals surface area (Å²) in [5.41, 5.74) is 0.547. The molecule has 2 aromatic rings. The lowest BCUT2D eigenvalue weighted by Crippen LogP contribution is -2.35. The van der Waals surface area contributed by atoms with Crippen LogP contribution < -0.4 is 0 Å². The number of benzene rings is 1. The zero-order valence-electron chi connectivity index (χ0n) is 10.7. The lowest BCUT2D eigenvalue weighted by atomic mass is 9.78. The number of aromatic nitrogens is 1. The van der Waals surface area contributed by atoms with Gasteiger partial charge in [0.15, 0.2) is 0 Å². The van der Waals surface area contributed by atoms with Crippen molar-refractivity contribution >= 4 is 21.6 Å². The van der Waals surface area contributed by atoms with Crippen LogP contribution in [0, 0.1) is 5.92 Å². The van der Waals surface area contributed by atoms with E-state index < -0.39 is 5.60 Å². The van der Waals surface area contributed by atoms with Crippen molar-refractivity contribution in [3.05, 3.63) is 29.3 Å². The molecule has 0 bridgehead atoms. The molecule has 0 amide bonds. The number of nitrogens with zero attached hydrogens (tertiary/aromatic N) is 1. The molecule has 1 aliphatic carbocycles.